The number of thiophene rings is 1. The summed E-state index contributed by atoms with van der Waals surface area (Å²) in [5, 5.41) is 11.0. The fourth-order valence-electron chi connectivity index (χ4n) is 1.84. The van der Waals surface area contributed by atoms with E-state index in [2.05, 4.69) is 0 Å². The Morgan fingerprint density at radius 1 is 1.40 bits per heavy atom. The molecule has 5 nitrogen and oxygen atoms in total. The molecule has 0 spiro atoms. The van der Waals surface area contributed by atoms with Crippen molar-refractivity contribution in [2.24, 2.45) is 0 Å². The number of aliphatic carboxylic acids is 1. The van der Waals surface area contributed by atoms with Crippen LogP contribution >= 0.6 is 11.3 Å². The third-order valence-electron chi connectivity index (χ3n) is 3.21. The summed E-state index contributed by atoms with van der Waals surface area (Å²) in [7, 11) is 1.50. The van der Waals surface area contributed by atoms with Crippen LogP contribution in [0, 0.1) is 0 Å². The number of carbonyl (C=O) groups is 2. The van der Waals surface area contributed by atoms with Gasteiger partial charge in [-0.1, -0.05) is 6.07 Å². The Kier molecular flexibility index (Phi) is 4.24. The highest BCUT2D eigenvalue weighted by molar-refractivity contribution is 7.09. The lowest BCUT2D eigenvalue weighted by molar-refractivity contribution is -0.141. The molecule has 6 heteroatoms. The highest BCUT2D eigenvalue weighted by Gasteiger charge is 2.24. The zero-order chi connectivity index (χ0) is 14.7. The molecule has 2 rings (SSSR count). The van der Waals surface area contributed by atoms with Crippen molar-refractivity contribution in [1.29, 1.82) is 0 Å². The minimum absolute atomic E-state index is 0.290. The first-order valence-corrected chi connectivity index (χ1v) is 7.06. The topological polar surface area (TPSA) is 62.5 Å². The average molecular weight is 292 g/mol. The maximum atomic E-state index is 12.3. The van der Waals surface area contributed by atoms with Crippen LogP contribution in [-0.4, -0.2) is 39.5 Å². The standard InChI is InChI=1S/C14H16N2O3S/c1-10(14(18)19)15(2)13(17)12-6-3-7-16(12)9-11-5-4-8-20-11/h3-8,10H,9H2,1-2H3,(H,18,19). The van der Waals surface area contributed by atoms with Crippen LogP contribution < -0.4 is 0 Å². The fourth-order valence-corrected chi connectivity index (χ4v) is 2.54. The normalized spacial score (nSPS) is 12.1. The van der Waals surface area contributed by atoms with Gasteiger partial charge >= 0.3 is 5.97 Å². The molecule has 2 aromatic rings. The third kappa shape index (κ3) is 2.91. The highest BCUT2D eigenvalue weighted by atomic mass is 32.1. The van der Waals surface area contributed by atoms with E-state index < -0.39 is 12.0 Å². The summed E-state index contributed by atoms with van der Waals surface area (Å²) in [6.07, 6.45) is 1.83. The molecular formula is C14H16N2O3S. The molecule has 0 aliphatic carbocycles. The molecule has 0 saturated heterocycles. The Morgan fingerprint density at radius 3 is 2.75 bits per heavy atom. The Labute approximate surface area is 121 Å². The van der Waals surface area contributed by atoms with E-state index >= 15 is 0 Å². The molecule has 20 heavy (non-hydrogen) atoms. The zero-order valence-electron chi connectivity index (χ0n) is 11.3. The van der Waals surface area contributed by atoms with Crippen molar-refractivity contribution in [2.45, 2.75) is 19.5 Å². The summed E-state index contributed by atoms with van der Waals surface area (Å²) >= 11 is 1.62. The molecule has 0 aliphatic heterocycles. The van der Waals surface area contributed by atoms with Gasteiger partial charge in [0.25, 0.3) is 5.91 Å². The predicted molar refractivity (Wildman–Crippen MR) is 77.0 cm³/mol. The molecule has 0 aromatic carbocycles. The van der Waals surface area contributed by atoms with E-state index in [-0.39, 0.29) is 5.91 Å². The number of hydrogen-bond acceptors (Lipinski definition) is 3. The SMILES string of the molecule is CC(C(=O)O)N(C)C(=O)c1cccn1Cc1cccs1. The monoisotopic (exact) mass is 292 g/mol. The number of carboxylic acids is 1. The van der Waals surface area contributed by atoms with Gasteiger partial charge in [-0.3, -0.25) is 4.79 Å². The van der Waals surface area contributed by atoms with Crippen LogP contribution in [0.25, 0.3) is 0 Å². The Bertz CT molecular complexity index is 604. The summed E-state index contributed by atoms with van der Waals surface area (Å²) in [4.78, 5) is 25.7. The van der Waals surface area contributed by atoms with Crippen LogP contribution in [0.15, 0.2) is 35.8 Å². The first-order valence-electron chi connectivity index (χ1n) is 6.18. The van der Waals surface area contributed by atoms with E-state index in [0.29, 0.717) is 12.2 Å². The second kappa shape index (κ2) is 5.92. The second-order valence-corrected chi connectivity index (χ2v) is 5.56. The molecule has 106 valence electrons. The second-order valence-electron chi connectivity index (χ2n) is 4.53. The maximum absolute atomic E-state index is 12.3. The number of rotatable bonds is 5. The third-order valence-corrected chi connectivity index (χ3v) is 4.07. The lowest BCUT2D eigenvalue weighted by atomic mass is 10.2. The summed E-state index contributed by atoms with van der Waals surface area (Å²) in [5.41, 5.74) is 0.494. The number of aromatic nitrogens is 1. The van der Waals surface area contributed by atoms with Crippen molar-refractivity contribution < 1.29 is 14.7 Å². The molecular weight excluding hydrogens is 276 g/mol. The largest absolute Gasteiger partial charge is 0.480 e. The summed E-state index contributed by atoms with van der Waals surface area (Å²) in [6, 6.07) is 6.61. The van der Waals surface area contributed by atoms with E-state index in [4.69, 9.17) is 5.11 Å². The van der Waals surface area contributed by atoms with Gasteiger partial charge in [-0.15, -0.1) is 11.3 Å². The van der Waals surface area contributed by atoms with Crippen LogP contribution in [0.5, 0.6) is 0 Å². The number of carbonyl (C=O) groups excluding carboxylic acids is 1. The van der Waals surface area contributed by atoms with E-state index in [0.717, 1.165) is 4.88 Å². The predicted octanol–water partition coefficient (Wildman–Crippen LogP) is 2.14. The molecule has 1 N–H and O–H groups in total. The van der Waals surface area contributed by atoms with Crippen LogP contribution in [-0.2, 0) is 11.3 Å². The smallest absolute Gasteiger partial charge is 0.326 e. The van der Waals surface area contributed by atoms with Crippen molar-refractivity contribution in [3.63, 3.8) is 0 Å². The van der Waals surface area contributed by atoms with Gasteiger partial charge in [-0.25, -0.2) is 4.79 Å². The van der Waals surface area contributed by atoms with Gasteiger partial charge in [0.2, 0.25) is 0 Å². The first kappa shape index (κ1) is 14.3. The maximum Gasteiger partial charge on any atom is 0.326 e. The van der Waals surface area contributed by atoms with Crippen molar-refractivity contribution in [3.8, 4) is 0 Å². The number of amides is 1. The van der Waals surface area contributed by atoms with Crippen LogP contribution in [0.3, 0.4) is 0 Å². The lowest BCUT2D eigenvalue weighted by Gasteiger charge is -2.22. The van der Waals surface area contributed by atoms with Crippen molar-refractivity contribution >= 4 is 23.2 Å². The first-order chi connectivity index (χ1) is 9.50. The van der Waals surface area contributed by atoms with Crippen LogP contribution in [0.2, 0.25) is 0 Å². The molecule has 0 bridgehead atoms. The minimum Gasteiger partial charge on any atom is -0.480 e. The summed E-state index contributed by atoms with van der Waals surface area (Å²) < 4.78 is 1.83. The Morgan fingerprint density at radius 2 is 2.15 bits per heavy atom. The molecule has 0 radical (unpaired) electrons. The zero-order valence-corrected chi connectivity index (χ0v) is 12.1. The molecule has 0 aliphatic rings. The van der Waals surface area contributed by atoms with E-state index in [1.165, 1.54) is 18.9 Å². The van der Waals surface area contributed by atoms with Crippen LogP contribution in [0.4, 0.5) is 0 Å². The van der Waals surface area contributed by atoms with Gasteiger partial charge in [0.15, 0.2) is 0 Å². The summed E-state index contributed by atoms with van der Waals surface area (Å²) in [5.74, 6) is -1.31. The van der Waals surface area contributed by atoms with Gasteiger partial charge in [0.1, 0.15) is 11.7 Å². The molecule has 1 amide bonds. The number of nitrogens with zero attached hydrogens (tertiary/aromatic N) is 2. The quantitative estimate of drug-likeness (QED) is 0.918. The van der Waals surface area contributed by atoms with Gasteiger partial charge in [0.05, 0.1) is 6.54 Å². The van der Waals surface area contributed by atoms with Gasteiger partial charge in [-0.05, 0) is 30.5 Å². The Balaban J connectivity index is 2.19. The number of carboxylic acid groups (broad SMARTS) is 1. The minimum atomic E-state index is -1.02. The number of hydrogen-bond donors (Lipinski definition) is 1. The average Bonchev–Trinajstić information content (AvgIpc) is 3.08. The van der Waals surface area contributed by atoms with Gasteiger partial charge < -0.3 is 14.6 Å². The summed E-state index contributed by atoms with van der Waals surface area (Å²) in [6.45, 7) is 2.10. The highest BCUT2D eigenvalue weighted by Crippen LogP contribution is 2.14. The molecule has 0 fully saturated rings. The van der Waals surface area contributed by atoms with Crippen LogP contribution in [0.1, 0.15) is 22.3 Å². The van der Waals surface area contributed by atoms with Gasteiger partial charge in [0, 0.05) is 18.1 Å². The van der Waals surface area contributed by atoms with Crippen molar-refractivity contribution in [1.82, 2.24) is 9.47 Å². The van der Waals surface area contributed by atoms with Crippen molar-refractivity contribution in [2.75, 3.05) is 7.05 Å². The molecule has 1 unspecified atom stereocenters. The van der Waals surface area contributed by atoms with E-state index in [1.54, 1.807) is 23.5 Å². The fraction of sp³-hybridized carbons (Fsp3) is 0.286. The Hall–Kier alpha value is -2.08. The van der Waals surface area contributed by atoms with Gasteiger partial charge in [-0.2, -0.15) is 0 Å². The number of likely N-dealkylation sites (N-methyl/N-ethyl adjacent to an activating group) is 1. The molecule has 2 aromatic heterocycles. The van der Waals surface area contributed by atoms with E-state index in [1.807, 2.05) is 28.3 Å². The molecule has 1 atom stereocenters. The molecule has 2 heterocycles. The lowest BCUT2D eigenvalue weighted by Crippen LogP contribution is -2.41. The van der Waals surface area contributed by atoms with E-state index in [9.17, 15) is 9.59 Å². The van der Waals surface area contributed by atoms with Crippen molar-refractivity contribution in [3.05, 3.63) is 46.4 Å². The molecule has 0 saturated carbocycles.